The second-order valence-corrected chi connectivity index (χ2v) is 7.50. The van der Waals surface area contributed by atoms with E-state index in [9.17, 15) is 9.59 Å². The van der Waals surface area contributed by atoms with Crippen molar-refractivity contribution >= 4 is 23.6 Å². The summed E-state index contributed by atoms with van der Waals surface area (Å²) in [6.07, 6.45) is 2.59. The van der Waals surface area contributed by atoms with E-state index < -0.39 is 5.91 Å². The van der Waals surface area contributed by atoms with Gasteiger partial charge >= 0.3 is 5.91 Å². The predicted octanol–water partition coefficient (Wildman–Crippen LogP) is 3.38. The van der Waals surface area contributed by atoms with Crippen LogP contribution in [-0.4, -0.2) is 28.0 Å². The zero-order chi connectivity index (χ0) is 22.2. The quantitative estimate of drug-likeness (QED) is 0.314. The molecule has 9 heteroatoms. The Hall–Kier alpha value is -3.33. The lowest BCUT2D eigenvalue weighted by Crippen LogP contribution is -2.41. The largest absolute Gasteiger partial charge is 0.486 e. The number of carbonyl (C=O) groups is 2. The van der Waals surface area contributed by atoms with Crippen LogP contribution in [0.4, 0.5) is 0 Å². The molecule has 0 fully saturated rings. The molecular formula is C22H24N4O4S. The lowest BCUT2D eigenvalue weighted by Gasteiger charge is -2.10. The van der Waals surface area contributed by atoms with E-state index >= 15 is 0 Å². The Kier molecular flexibility index (Phi) is 7.66. The smallest absolute Gasteiger partial charge is 0.305 e. The number of nitrogens with zero attached hydrogens (tertiary/aromatic N) is 2. The minimum absolute atomic E-state index is 0.0831. The van der Waals surface area contributed by atoms with Crippen LogP contribution in [0.15, 0.2) is 52.0 Å². The summed E-state index contributed by atoms with van der Waals surface area (Å²) >= 11 is 1.48. The van der Waals surface area contributed by atoms with Crippen LogP contribution in [0.5, 0.6) is 5.75 Å². The molecule has 3 rings (SSSR count). The van der Waals surface area contributed by atoms with E-state index in [2.05, 4.69) is 20.8 Å². The molecule has 0 aliphatic heterocycles. The van der Waals surface area contributed by atoms with Gasteiger partial charge < -0.3 is 9.15 Å². The molecule has 2 amide bonds. The Morgan fingerprint density at radius 3 is 2.42 bits per heavy atom. The van der Waals surface area contributed by atoms with Crippen molar-refractivity contribution in [3.8, 4) is 5.75 Å². The maximum Gasteiger partial charge on any atom is 0.305 e. The SMILES string of the molecule is CSc1nc(C)c(CCC(=O)NNC(=O)c2ccc(COc3ccccc3)o2)c(C)n1. The first-order chi connectivity index (χ1) is 15.0. The van der Waals surface area contributed by atoms with Gasteiger partial charge in [-0.2, -0.15) is 0 Å². The second-order valence-electron chi connectivity index (χ2n) is 6.73. The molecule has 0 aliphatic rings. The Labute approximate surface area is 184 Å². The molecule has 0 saturated heterocycles. The van der Waals surface area contributed by atoms with Gasteiger partial charge in [-0.25, -0.2) is 9.97 Å². The number of aromatic nitrogens is 2. The van der Waals surface area contributed by atoms with Crippen molar-refractivity contribution in [3.05, 3.63) is 70.9 Å². The summed E-state index contributed by atoms with van der Waals surface area (Å²) in [6.45, 7) is 4.00. The topological polar surface area (TPSA) is 106 Å². The molecule has 1 aromatic carbocycles. The molecule has 0 atom stereocenters. The maximum atomic E-state index is 12.2. The first-order valence-electron chi connectivity index (χ1n) is 9.70. The highest BCUT2D eigenvalue weighted by atomic mass is 32.2. The highest BCUT2D eigenvalue weighted by Gasteiger charge is 2.14. The number of rotatable bonds is 8. The fourth-order valence-electron chi connectivity index (χ4n) is 2.90. The minimum atomic E-state index is -0.542. The van der Waals surface area contributed by atoms with Gasteiger partial charge in [-0.15, -0.1) is 0 Å². The zero-order valence-corrected chi connectivity index (χ0v) is 18.4. The molecule has 3 aromatic rings. The van der Waals surface area contributed by atoms with Gasteiger partial charge in [-0.05, 0) is 56.4 Å². The Morgan fingerprint density at radius 2 is 1.74 bits per heavy atom. The molecule has 2 aromatic heterocycles. The number of thioether (sulfide) groups is 1. The zero-order valence-electron chi connectivity index (χ0n) is 17.6. The van der Waals surface area contributed by atoms with Crippen LogP contribution in [-0.2, 0) is 17.8 Å². The number of aryl methyl sites for hydroxylation is 2. The van der Waals surface area contributed by atoms with Crippen molar-refractivity contribution in [3.63, 3.8) is 0 Å². The fourth-order valence-corrected chi connectivity index (χ4v) is 3.36. The van der Waals surface area contributed by atoms with E-state index in [-0.39, 0.29) is 24.7 Å². The van der Waals surface area contributed by atoms with Crippen molar-refractivity contribution in [2.24, 2.45) is 0 Å². The molecular weight excluding hydrogens is 416 g/mol. The summed E-state index contributed by atoms with van der Waals surface area (Å²) in [6, 6.07) is 12.5. The van der Waals surface area contributed by atoms with Crippen LogP contribution in [0.2, 0.25) is 0 Å². The van der Waals surface area contributed by atoms with Crippen molar-refractivity contribution in [2.75, 3.05) is 6.26 Å². The normalized spacial score (nSPS) is 10.5. The summed E-state index contributed by atoms with van der Waals surface area (Å²) in [4.78, 5) is 33.2. The number of hydrazine groups is 1. The minimum Gasteiger partial charge on any atom is -0.486 e. The number of furan rings is 1. The molecule has 0 radical (unpaired) electrons. The number of benzene rings is 1. The van der Waals surface area contributed by atoms with Gasteiger partial charge in [0.2, 0.25) is 5.91 Å². The molecule has 0 saturated carbocycles. The number of hydrogen-bond acceptors (Lipinski definition) is 7. The number of para-hydroxylation sites is 1. The highest BCUT2D eigenvalue weighted by Crippen LogP contribution is 2.17. The lowest BCUT2D eigenvalue weighted by atomic mass is 10.1. The van der Waals surface area contributed by atoms with E-state index in [0.29, 0.717) is 23.1 Å². The van der Waals surface area contributed by atoms with E-state index in [1.54, 1.807) is 6.07 Å². The van der Waals surface area contributed by atoms with Crippen LogP contribution in [0.1, 0.15) is 39.7 Å². The van der Waals surface area contributed by atoms with Crippen LogP contribution < -0.4 is 15.6 Å². The number of carbonyl (C=O) groups excluding carboxylic acids is 2. The molecule has 2 heterocycles. The standard InChI is InChI=1S/C22H24N4O4S/c1-14-18(15(2)24-22(23-14)31-3)10-12-20(27)25-26-21(28)19-11-9-17(30-19)13-29-16-7-5-4-6-8-16/h4-9,11H,10,12-13H2,1-3H3,(H,25,27)(H,26,28). The average molecular weight is 441 g/mol. The number of hydrogen-bond donors (Lipinski definition) is 2. The van der Waals surface area contributed by atoms with Crippen LogP contribution in [0, 0.1) is 13.8 Å². The fraction of sp³-hybridized carbons (Fsp3) is 0.273. The molecule has 0 spiro atoms. The Morgan fingerprint density at radius 1 is 1.03 bits per heavy atom. The van der Waals surface area contributed by atoms with Crippen LogP contribution in [0.25, 0.3) is 0 Å². The first-order valence-corrected chi connectivity index (χ1v) is 10.9. The van der Waals surface area contributed by atoms with Crippen LogP contribution >= 0.6 is 11.8 Å². The van der Waals surface area contributed by atoms with E-state index in [1.807, 2.05) is 50.4 Å². The first kappa shape index (κ1) is 22.4. The molecule has 0 unspecified atom stereocenters. The molecule has 31 heavy (non-hydrogen) atoms. The lowest BCUT2D eigenvalue weighted by molar-refractivity contribution is -0.121. The molecule has 2 N–H and O–H groups in total. The molecule has 0 bridgehead atoms. The highest BCUT2D eigenvalue weighted by molar-refractivity contribution is 7.98. The molecule has 162 valence electrons. The third-order valence-corrected chi connectivity index (χ3v) is 5.06. The number of ether oxygens (including phenoxy) is 1. The van der Waals surface area contributed by atoms with Crippen molar-refractivity contribution < 1.29 is 18.7 Å². The van der Waals surface area contributed by atoms with Crippen LogP contribution in [0.3, 0.4) is 0 Å². The Balaban J connectivity index is 1.45. The predicted molar refractivity (Wildman–Crippen MR) is 117 cm³/mol. The summed E-state index contributed by atoms with van der Waals surface area (Å²) in [5.74, 6) is 0.426. The third kappa shape index (κ3) is 6.32. The van der Waals surface area contributed by atoms with E-state index in [4.69, 9.17) is 9.15 Å². The number of nitrogens with one attached hydrogen (secondary N) is 2. The summed E-state index contributed by atoms with van der Waals surface area (Å²) in [5, 5.41) is 0.711. The third-order valence-electron chi connectivity index (χ3n) is 4.51. The second kappa shape index (κ2) is 10.6. The monoisotopic (exact) mass is 440 g/mol. The van der Waals surface area contributed by atoms with Gasteiger partial charge in [0.1, 0.15) is 18.1 Å². The molecule has 8 nitrogen and oxygen atoms in total. The van der Waals surface area contributed by atoms with E-state index in [1.165, 1.54) is 17.8 Å². The van der Waals surface area contributed by atoms with Gasteiger partial charge in [0.05, 0.1) is 0 Å². The number of amides is 2. The maximum absolute atomic E-state index is 12.2. The van der Waals surface area contributed by atoms with Crippen molar-refractivity contribution in [1.82, 2.24) is 20.8 Å². The van der Waals surface area contributed by atoms with Gasteiger partial charge in [0.25, 0.3) is 0 Å². The van der Waals surface area contributed by atoms with Gasteiger partial charge in [-0.1, -0.05) is 30.0 Å². The summed E-state index contributed by atoms with van der Waals surface area (Å²) < 4.78 is 11.1. The van der Waals surface area contributed by atoms with Gasteiger partial charge in [0, 0.05) is 17.8 Å². The molecule has 0 aliphatic carbocycles. The van der Waals surface area contributed by atoms with Gasteiger partial charge in [0.15, 0.2) is 10.9 Å². The Bertz CT molecular complexity index is 1030. The van der Waals surface area contributed by atoms with Gasteiger partial charge in [-0.3, -0.25) is 20.4 Å². The van der Waals surface area contributed by atoms with E-state index in [0.717, 1.165) is 17.0 Å². The summed E-state index contributed by atoms with van der Waals surface area (Å²) in [5.41, 5.74) is 7.42. The average Bonchev–Trinajstić information content (AvgIpc) is 3.25. The summed E-state index contributed by atoms with van der Waals surface area (Å²) in [7, 11) is 0. The van der Waals surface area contributed by atoms with Crippen molar-refractivity contribution in [1.29, 1.82) is 0 Å². The van der Waals surface area contributed by atoms with Crippen molar-refractivity contribution in [2.45, 2.75) is 38.5 Å².